The Morgan fingerprint density at radius 1 is 1.11 bits per heavy atom. The Morgan fingerprint density at radius 3 is 2.47 bits per heavy atom. The second-order valence-corrected chi connectivity index (χ2v) is 10.5. The van der Waals surface area contributed by atoms with Crippen molar-refractivity contribution in [3.8, 4) is 23.6 Å². The van der Waals surface area contributed by atoms with Crippen LogP contribution in [0, 0.1) is 28.6 Å². The lowest BCUT2D eigenvalue weighted by Gasteiger charge is -2.21. The van der Waals surface area contributed by atoms with E-state index in [1.807, 2.05) is 36.4 Å². The predicted octanol–water partition coefficient (Wildman–Crippen LogP) is 7.31. The molecule has 38 heavy (non-hydrogen) atoms. The van der Waals surface area contributed by atoms with Crippen molar-refractivity contribution < 1.29 is 9.47 Å². The number of allylic oxidation sites excluding steroid dienone is 1. The summed E-state index contributed by atoms with van der Waals surface area (Å²) in [6, 6.07) is 20.6. The van der Waals surface area contributed by atoms with Crippen molar-refractivity contribution in [2.75, 3.05) is 12.1 Å². The smallest absolute Gasteiger partial charge is 0.177 e. The van der Waals surface area contributed by atoms with E-state index < -0.39 is 12.1 Å². The van der Waals surface area contributed by atoms with Gasteiger partial charge in [0.15, 0.2) is 11.5 Å². The zero-order valence-corrected chi connectivity index (χ0v) is 24.5. The summed E-state index contributed by atoms with van der Waals surface area (Å²) in [5.41, 5.74) is 8.98. The van der Waals surface area contributed by atoms with Gasteiger partial charge in [-0.3, -0.25) is 0 Å². The van der Waals surface area contributed by atoms with Crippen LogP contribution in [0.25, 0.3) is 6.08 Å². The predicted molar refractivity (Wildman–Crippen MR) is 156 cm³/mol. The second kappa shape index (κ2) is 12.2. The van der Waals surface area contributed by atoms with Gasteiger partial charge in [-0.2, -0.15) is 15.6 Å². The lowest BCUT2D eigenvalue weighted by Crippen LogP contribution is -2.40. The second-order valence-electron chi connectivity index (χ2n) is 8.09. The van der Waals surface area contributed by atoms with Crippen molar-refractivity contribution in [1.29, 1.82) is 10.5 Å². The third-order valence-corrected chi connectivity index (χ3v) is 8.62. The highest BCUT2D eigenvalue weighted by Crippen LogP contribution is 2.44. The van der Waals surface area contributed by atoms with Gasteiger partial charge in [0, 0.05) is 4.47 Å². The van der Waals surface area contributed by atoms with Gasteiger partial charge in [0.1, 0.15) is 24.8 Å². The van der Waals surface area contributed by atoms with Crippen molar-refractivity contribution in [2.45, 2.75) is 12.8 Å². The van der Waals surface area contributed by atoms with E-state index in [9.17, 15) is 10.5 Å². The standard InChI is InChI=1S/C27H19Br2Cl2N5O2/c1-37-22-11-16(23(28)24(29)26(22)38-14-15-7-8-20(30)21(31)9-15)10-17(12-32)25-19(13-33)27(34)36(35-25)18-5-3-2-4-6-18/h2-11,19,27H,14,34H2,1H3/b17-10-/t19-,27+/m1/s1. The minimum Gasteiger partial charge on any atom is -0.493 e. The maximum absolute atomic E-state index is 10.0. The van der Waals surface area contributed by atoms with E-state index in [4.69, 9.17) is 38.4 Å². The number of para-hydroxylation sites is 1. The fourth-order valence-electron chi connectivity index (χ4n) is 3.82. The summed E-state index contributed by atoms with van der Waals surface area (Å²) < 4.78 is 12.8. The molecule has 0 saturated carbocycles. The number of hydrogen-bond acceptors (Lipinski definition) is 7. The lowest BCUT2D eigenvalue weighted by molar-refractivity contribution is 0.282. The highest BCUT2D eigenvalue weighted by Gasteiger charge is 2.37. The lowest BCUT2D eigenvalue weighted by atomic mass is 9.95. The summed E-state index contributed by atoms with van der Waals surface area (Å²) in [5.74, 6) is 0.0713. The molecule has 0 bridgehead atoms. The quantitative estimate of drug-likeness (QED) is 0.263. The third kappa shape index (κ3) is 5.68. The Labute approximate surface area is 246 Å². The zero-order chi connectivity index (χ0) is 27.4. The molecule has 2 atom stereocenters. The Bertz CT molecular complexity index is 1520. The number of hydrazone groups is 1. The molecule has 7 nitrogen and oxygen atoms in total. The van der Waals surface area contributed by atoms with Crippen LogP contribution in [0.2, 0.25) is 10.0 Å². The van der Waals surface area contributed by atoms with Crippen molar-refractivity contribution in [1.82, 2.24) is 0 Å². The molecule has 11 heteroatoms. The molecule has 0 saturated heterocycles. The van der Waals surface area contributed by atoms with Crippen LogP contribution in [0.1, 0.15) is 11.1 Å². The van der Waals surface area contributed by atoms with E-state index >= 15 is 0 Å². The van der Waals surface area contributed by atoms with E-state index in [1.165, 1.54) is 7.11 Å². The number of halogens is 4. The molecule has 3 aromatic rings. The van der Waals surface area contributed by atoms with Gasteiger partial charge in [-0.15, -0.1) is 0 Å². The van der Waals surface area contributed by atoms with Crippen LogP contribution in [0.5, 0.6) is 11.5 Å². The first kappa shape index (κ1) is 28.0. The molecule has 0 amide bonds. The molecule has 0 aliphatic carbocycles. The number of rotatable bonds is 7. The number of ether oxygens (including phenoxy) is 2. The van der Waals surface area contributed by atoms with Gasteiger partial charge in [0.05, 0.1) is 44.7 Å². The number of hydrogen-bond donors (Lipinski definition) is 1. The molecule has 1 aliphatic heterocycles. The fraction of sp³-hybridized carbons (Fsp3) is 0.148. The topological polar surface area (TPSA) is 108 Å². The number of nitrogens with zero attached hydrogens (tertiary/aromatic N) is 4. The molecule has 0 fully saturated rings. The van der Waals surface area contributed by atoms with Crippen LogP contribution in [0.3, 0.4) is 0 Å². The van der Waals surface area contributed by atoms with E-state index in [0.29, 0.717) is 36.1 Å². The number of anilines is 1. The highest BCUT2D eigenvalue weighted by atomic mass is 79.9. The van der Waals surface area contributed by atoms with Crippen molar-refractivity contribution >= 4 is 72.5 Å². The molecular weight excluding hydrogens is 657 g/mol. The summed E-state index contributed by atoms with van der Waals surface area (Å²) in [5, 5.41) is 26.9. The Balaban J connectivity index is 1.69. The number of nitrogens with two attached hydrogens (primary N) is 1. The summed E-state index contributed by atoms with van der Waals surface area (Å²) in [7, 11) is 1.52. The maximum atomic E-state index is 10.0. The first-order valence-electron chi connectivity index (χ1n) is 11.1. The van der Waals surface area contributed by atoms with Crippen molar-refractivity contribution in [3.05, 3.63) is 90.3 Å². The minimum absolute atomic E-state index is 0.199. The monoisotopic (exact) mass is 673 g/mol. The largest absolute Gasteiger partial charge is 0.493 e. The molecule has 4 rings (SSSR count). The zero-order valence-electron chi connectivity index (χ0n) is 19.8. The Kier molecular flexibility index (Phi) is 8.99. The summed E-state index contributed by atoms with van der Waals surface area (Å²) in [6.07, 6.45) is 0.890. The SMILES string of the molecule is COc1cc(/C=C(/C#N)C2=NN(c3ccccc3)[C@H](N)[C@@H]2C#N)c(Br)c(Br)c1OCc1ccc(Cl)c(Cl)c1. The van der Waals surface area contributed by atoms with Crippen LogP contribution in [0.15, 0.2) is 74.2 Å². The van der Waals surface area contributed by atoms with Gasteiger partial charge in [0.2, 0.25) is 0 Å². The molecule has 0 spiro atoms. The molecule has 1 aliphatic rings. The molecule has 3 aromatic carbocycles. The van der Waals surface area contributed by atoms with Gasteiger partial charge in [-0.1, -0.05) is 47.5 Å². The van der Waals surface area contributed by atoms with Gasteiger partial charge < -0.3 is 15.2 Å². The average molecular weight is 676 g/mol. The van der Waals surface area contributed by atoms with Crippen LogP contribution >= 0.6 is 55.1 Å². The number of methoxy groups -OCH3 is 1. The molecule has 0 unspecified atom stereocenters. The Hall–Kier alpha value is -3.05. The Morgan fingerprint density at radius 2 is 1.84 bits per heavy atom. The number of nitriles is 2. The minimum atomic E-state index is -0.806. The van der Waals surface area contributed by atoms with Crippen LogP contribution in [-0.4, -0.2) is 19.0 Å². The molecule has 2 N–H and O–H groups in total. The number of benzene rings is 3. The molecule has 0 aromatic heterocycles. The maximum Gasteiger partial charge on any atom is 0.177 e. The van der Waals surface area contributed by atoms with Gasteiger partial charge >= 0.3 is 0 Å². The summed E-state index contributed by atoms with van der Waals surface area (Å²) in [6.45, 7) is 0.213. The van der Waals surface area contributed by atoms with Crippen LogP contribution < -0.4 is 20.2 Å². The first-order chi connectivity index (χ1) is 18.3. The van der Waals surface area contributed by atoms with Gasteiger partial charge in [0.25, 0.3) is 0 Å². The van der Waals surface area contributed by atoms with Crippen LogP contribution in [-0.2, 0) is 6.61 Å². The molecule has 0 radical (unpaired) electrons. The molecule has 1 heterocycles. The summed E-state index contributed by atoms with van der Waals surface area (Å²) >= 11 is 19.3. The highest BCUT2D eigenvalue weighted by molar-refractivity contribution is 9.13. The molecule has 192 valence electrons. The van der Waals surface area contributed by atoms with Crippen molar-refractivity contribution in [3.63, 3.8) is 0 Å². The fourth-order valence-corrected chi connectivity index (χ4v) is 5.09. The van der Waals surface area contributed by atoms with E-state index in [0.717, 1.165) is 11.3 Å². The van der Waals surface area contributed by atoms with Gasteiger partial charge in [-0.05, 0) is 79.4 Å². The normalized spacial score (nSPS) is 17.0. The average Bonchev–Trinajstić information content (AvgIpc) is 3.26. The van der Waals surface area contributed by atoms with Gasteiger partial charge in [-0.25, -0.2) is 5.01 Å². The third-order valence-electron chi connectivity index (χ3n) is 5.73. The van der Waals surface area contributed by atoms with E-state index in [-0.39, 0.29) is 17.9 Å². The summed E-state index contributed by atoms with van der Waals surface area (Å²) in [4.78, 5) is 0. The van der Waals surface area contributed by atoms with Crippen LogP contribution in [0.4, 0.5) is 5.69 Å². The molecular formula is C27H19Br2Cl2N5O2. The van der Waals surface area contributed by atoms with E-state index in [2.05, 4.69) is 49.1 Å². The van der Waals surface area contributed by atoms with Crippen molar-refractivity contribution in [2.24, 2.45) is 16.8 Å². The van der Waals surface area contributed by atoms with E-state index in [1.54, 1.807) is 29.3 Å². The first-order valence-corrected chi connectivity index (χ1v) is 13.5.